The summed E-state index contributed by atoms with van der Waals surface area (Å²) in [5.41, 5.74) is 0.623. The number of ether oxygens (including phenoxy) is 1. The summed E-state index contributed by atoms with van der Waals surface area (Å²) in [5.74, 6) is 0.116. The molecule has 1 saturated carbocycles. The summed E-state index contributed by atoms with van der Waals surface area (Å²) >= 11 is 7.17. The number of hydrogen-bond donors (Lipinski definition) is 0. The van der Waals surface area contributed by atoms with Crippen LogP contribution in [0.25, 0.3) is 0 Å². The highest BCUT2D eigenvalue weighted by molar-refractivity contribution is 9.12. The van der Waals surface area contributed by atoms with Crippen molar-refractivity contribution in [1.82, 2.24) is 0 Å². The number of nitrogens with zero attached hydrogens (tertiary/aromatic N) is 1. The van der Waals surface area contributed by atoms with Gasteiger partial charge in [-0.05, 0) is 37.1 Å². The van der Waals surface area contributed by atoms with Gasteiger partial charge in [-0.25, -0.2) is 0 Å². The second kappa shape index (κ2) is 5.72. The quantitative estimate of drug-likeness (QED) is 0.549. The smallest absolute Gasteiger partial charge is 0.237 e. The highest BCUT2D eigenvalue weighted by atomic mass is 79.9. The molecule has 0 N–H and O–H groups in total. The highest BCUT2D eigenvalue weighted by Crippen LogP contribution is 2.44. The third-order valence-electron chi connectivity index (χ3n) is 4.24. The van der Waals surface area contributed by atoms with E-state index in [2.05, 4.69) is 31.9 Å². The van der Waals surface area contributed by atoms with E-state index in [0.29, 0.717) is 24.3 Å². The Bertz CT molecular complexity index is 547. The molecule has 4 atom stereocenters. The molecule has 0 bridgehead atoms. The molecule has 6 heteroatoms. The molecule has 1 aromatic rings. The number of anilines is 1. The van der Waals surface area contributed by atoms with Crippen molar-refractivity contribution >= 4 is 49.4 Å². The molecule has 4 nitrogen and oxygen atoms in total. The van der Waals surface area contributed by atoms with Crippen molar-refractivity contribution in [3.8, 4) is 5.75 Å². The molecule has 2 fully saturated rings. The zero-order chi connectivity index (χ0) is 15.1. The number of fused-ring (bicyclic) bond motifs is 1. The molecule has 1 aliphatic heterocycles. The van der Waals surface area contributed by atoms with Gasteiger partial charge in [-0.15, -0.1) is 0 Å². The zero-order valence-electron chi connectivity index (χ0n) is 11.5. The van der Waals surface area contributed by atoms with E-state index >= 15 is 0 Å². The SMILES string of the molecule is COc1ccc(N2C(=O)[C@H]3C[C@H](Br)[C@@H](Br)C[C@H]3C2=O)cc1. The summed E-state index contributed by atoms with van der Waals surface area (Å²) in [6.07, 6.45) is 1.38. The lowest BCUT2D eigenvalue weighted by Crippen LogP contribution is -2.34. The Morgan fingerprint density at radius 1 is 1.00 bits per heavy atom. The molecule has 1 heterocycles. The van der Waals surface area contributed by atoms with Gasteiger partial charge in [0.05, 0.1) is 24.6 Å². The van der Waals surface area contributed by atoms with Crippen molar-refractivity contribution in [3.63, 3.8) is 0 Å². The highest BCUT2D eigenvalue weighted by Gasteiger charge is 2.52. The van der Waals surface area contributed by atoms with Gasteiger partial charge in [0.2, 0.25) is 11.8 Å². The number of imide groups is 1. The first kappa shape index (κ1) is 15.0. The van der Waals surface area contributed by atoms with Gasteiger partial charge in [-0.1, -0.05) is 31.9 Å². The number of benzene rings is 1. The average molecular weight is 417 g/mol. The summed E-state index contributed by atoms with van der Waals surface area (Å²) < 4.78 is 5.11. The molecule has 1 aliphatic carbocycles. The molecule has 0 spiro atoms. The minimum atomic E-state index is -0.210. The fraction of sp³-hybridized carbons (Fsp3) is 0.467. The Kier molecular flexibility index (Phi) is 4.10. The molecule has 2 amide bonds. The van der Waals surface area contributed by atoms with E-state index in [1.165, 1.54) is 4.90 Å². The molecule has 0 unspecified atom stereocenters. The molecule has 0 aromatic heterocycles. The van der Waals surface area contributed by atoms with Crippen LogP contribution in [0, 0.1) is 11.8 Å². The van der Waals surface area contributed by atoms with Gasteiger partial charge in [-0.3, -0.25) is 14.5 Å². The maximum Gasteiger partial charge on any atom is 0.237 e. The van der Waals surface area contributed by atoms with Crippen LogP contribution in [0.5, 0.6) is 5.75 Å². The summed E-state index contributed by atoms with van der Waals surface area (Å²) in [4.78, 5) is 27.0. The van der Waals surface area contributed by atoms with Crippen molar-refractivity contribution in [3.05, 3.63) is 24.3 Å². The Morgan fingerprint density at radius 2 is 1.48 bits per heavy atom. The molecule has 112 valence electrons. The molecule has 21 heavy (non-hydrogen) atoms. The molecule has 1 aromatic carbocycles. The number of amides is 2. The maximum absolute atomic E-state index is 12.6. The minimum absolute atomic E-state index is 0.0842. The molecular formula is C15H15Br2NO3. The number of rotatable bonds is 2. The fourth-order valence-corrected chi connectivity index (χ4v) is 4.32. The normalized spacial score (nSPS) is 32.2. The van der Waals surface area contributed by atoms with Crippen LogP contribution >= 0.6 is 31.9 Å². The lowest BCUT2D eigenvalue weighted by molar-refractivity contribution is -0.122. The van der Waals surface area contributed by atoms with Crippen LogP contribution in [-0.2, 0) is 9.59 Å². The van der Waals surface area contributed by atoms with Crippen molar-refractivity contribution in [2.75, 3.05) is 12.0 Å². The lowest BCUT2D eigenvalue weighted by Gasteiger charge is -2.29. The Labute approximate surface area is 140 Å². The molecule has 3 rings (SSSR count). The van der Waals surface area contributed by atoms with E-state index in [0.717, 1.165) is 0 Å². The van der Waals surface area contributed by atoms with Crippen LogP contribution in [-0.4, -0.2) is 28.6 Å². The van der Waals surface area contributed by atoms with Crippen molar-refractivity contribution in [2.45, 2.75) is 22.5 Å². The van der Waals surface area contributed by atoms with Crippen LogP contribution in [0.3, 0.4) is 0 Å². The number of hydrogen-bond acceptors (Lipinski definition) is 3. The lowest BCUT2D eigenvalue weighted by atomic mass is 9.81. The van der Waals surface area contributed by atoms with Gasteiger partial charge in [0.15, 0.2) is 0 Å². The van der Waals surface area contributed by atoms with Gasteiger partial charge >= 0.3 is 0 Å². The molecule has 1 saturated heterocycles. The summed E-state index contributed by atoms with van der Waals surface area (Å²) in [5, 5.41) is 0. The largest absolute Gasteiger partial charge is 0.497 e. The van der Waals surface area contributed by atoms with Crippen molar-refractivity contribution in [2.24, 2.45) is 11.8 Å². The first-order chi connectivity index (χ1) is 10.0. The predicted octanol–water partition coefficient (Wildman–Crippen LogP) is 3.12. The molecule has 0 radical (unpaired) electrons. The van der Waals surface area contributed by atoms with Gasteiger partial charge in [-0.2, -0.15) is 0 Å². The van der Waals surface area contributed by atoms with Crippen molar-refractivity contribution in [1.29, 1.82) is 0 Å². The summed E-state index contributed by atoms with van der Waals surface area (Å²) in [6.45, 7) is 0. The van der Waals surface area contributed by atoms with E-state index in [9.17, 15) is 9.59 Å². The van der Waals surface area contributed by atoms with Gasteiger partial charge in [0.1, 0.15) is 5.75 Å². The van der Waals surface area contributed by atoms with E-state index in [1.807, 2.05) is 0 Å². The summed E-state index contributed by atoms with van der Waals surface area (Å²) in [7, 11) is 1.59. The zero-order valence-corrected chi connectivity index (χ0v) is 14.6. The third kappa shape index (κ3) is 2.52. The number of methoxy groups -OCH3 is 1. The number of carbonyl (C=O) groups is 2. The van der Waals surface area contributed by atoms with Crippen LogP contribution in [0.15, 0.2) is 24.3 Å². The fourth-order valence-electron chi connectivity index (χ4n) is 3.08. The number of carbonyl (C=O) groups excluding carboxylic acids is 2. The second-order valence-electron chi connectivity index (χ2n) is 5.43. The molecular weight excluding hydrogens is 402 g/mol. The van der Waals surface area contributed by atoms with Crippen LogP contribution in [0.4, 0.5) is 5.69 Å². The second-order valence-corrected chi connectivity index (χ2v) is 7.78. The van der Waals surface area contributed by atoms with E-state index in [4.69, 9.17) is 4.74 Å². The number of halogens is 2. The monoisotopic (exact) mass is 415 g/mol. The van der Waals surface area contributed by atoms with E-state index in [1.54, 1.807) is 31.4 Å². The van der Waals surface area contributed by atoms with Crippen LogP contribution < -0.4 is 9.64 Å². The number of alkyl halides is 2. The predicted molar refractivity (Wildman–Crippen MR) is 87.1 cm³/mol. The van der Waals surface area contributed by atoms with E-state index < -0.39 is 0 Å². The van der Waals surface area contributed by atoms with Crippen molar-refractivity contribution < 1.29 is 14.3 Å². The summed E-state index contributed by atoms with van der Waals surface area (Å²) in [6, 6.07) is 7.03. The topological polar surface area (TPSA) is 46.6 Å². The van der Waals surface area contributed by atoms with Gasteiger partial charge in [0.25, 0.3) is 0 Å². The van der Waals surface area contributed by atoms with E-state index in [-0.39, 0.29) is 33.3 Å². The van der Waals surface area contributed by atoms with Crippen LogP contribution in [0.1, 0.15) is 12.8 Å². The van der Waals surface area contributed by atoms with Crippen LogP contribution in [0.2, 0.25) is 0 Å². The third-order valence-corrected chi connectivity index (χ3v) is 6.98. The Morgan fingerprint density at radius 3 is 1.90 bits per heavy atom. The minimum Gasteiger partial charge on any atom is -0.497 e. The standard InChI is InChI=1S/C15H15Br2NO3/c1-21-9-4-2-8(3-5-9)18-14(19)10-6-12(16)13(17)7-11(10)15(18)20/h2-5,10-13H,6-7H2,1H3/t10-,11+,12-,13-/m0/s1. The Balaban J connectivity index is 1.89. The van der Waals surface area contributed by atoms with Gasteiger partial charge < -0.3 is 4.74 Å². The average Bonchev–Trinajstić information content (AvgIpc) is 2.72. The molecule has 2 aliphatic rings. The van der Waals surface area contributed by atoms with Gasteiger partial charge in [0, 0.05) is 9.65 Å². The maximum atomic E-state index is 12.6. The Hall–Kier alpha value is -0.880. The first-order valence-electron chi connectivity index (χ1n) is 6.83. The first-order valence-corrected chi connectivity index (χ1v) is 8.66.